The summed E-state index contributed by atoms with van der Waals surface area (Å²) in [7, 11) is 0. The van der Waals surface area contributed by atoms with Crippen molar-refractivity contribution in [1.82, 2.24) is 0 Å². The van der Waals surface area contributed by atoms with E-state index >= 15 is 0 Å². The predicted molar refractivity (Wildman–Crippen MR) is 46.1 cm³/mol. The molecular weight excluding hydrogens is 136 g/mol. The van der Waals surface area contributed by atoms with E-state index < -0.39 is 0 Å². The number of hydrogen-bond acceptors (Lipinski definition) is 1. The quantitative estimate of drug-likeness (QED) is 0.682. The van der Waals surface area contributed by atoms with E-state index in [0.29, 0.717) is 0 Å². The highest BCUT2D eigenvalue weighted by atomic mass is 16.3. The van der Waals surface area contributed by atoms with Gasteiger partial charge in [-0.2, -0.15) is 0 Å². The molecule has 11 heavy (non-hydrogen) atoms. The SMILES string of the molecule is [CH2]Cc1cccc([C@@H](C)O)c1. The maximum atomic E-state index is 9.22. The standard InChI is InChI=1S/C10H13O/c1-3-9-5-4-6-10(7-9)8(2)11/h4-8,11H,1,3H2,2H3/t8-/m1/s1. The van der Waals surface area contributed by atoms with Gasteiger partial charge in [0.05, 0.1) is 6.10 Å². The Bertz CT molecular complexity index is 228. The predicted octanol–water partition coefficient (Wildman–Crippen LogP) is 2.12. The lowest BCUT2D eigenvalue weighted by Gasteiger charge is -2.05. The fraction of sp³-hybridized carbons (Fsp3) is 0.300. The Morgan fingerprint density at radius 2 is 2.27 bits per heavy atom. The van der Waals surface area contributed by atoms with Crippen molar-refractivity contribution >= 4 is 0 Å². The summed E-state index contributed by atoms with van der Waals surface area (Å²) in [5.74, 6) is 0. The normalized spacial score (nSPS) is 13.0. The topological polar surface area (TPSA) is 20.2 Å². The molecule has 0 unspecified atom stereocenters. The Labute approximate surface area is 67.7 Å². The summed E-state index contributed by atoms with van der Waals surface area (Å²) >= 11 is 0. The maximum absolute atomic E-state index is 9.22. The van der Waals surface area contributed by atoms with Crippen LogP contribution in [0.2, 0.25) is 0 Å². The highest BCUT2D eigenvalue weighted by Gasteiger charge is 1.99. The minimum atomic E-state index is -0.374. The van der Waals surface area contributed by atoms with Gasteiger partial charge in [-0.3, -0.25) is 0 Å². The number of aliphatic hydroxyl groups excluding tert-OH is 1. The van der Waals surface area contributed by atoms with Crippen molar-refractivity contribution in [3.05, 3.63) is 42.3 Å². The summed E-state index contributed by atoms with van der Waals surface area (Å²) < 4.78 is 0. The molecule has 1 heteroatoms. The van der Waals surface area contributed by atoms with Gasteiger partial charge in [0.1, 0.15) is 0 Å². The molecule has 0 aliphatic heterocycles. The van der Waals surface area contributed by atoms with Crippen LogP contribution in [0.3, 0.4) is 0 Å². The van der Waals surface area contributed by atoms with Crippen molar-refractivity contribution in [2.45, 2.75) is 19.4 Å². The van der Waals surface area contributed by atoms with Gasteiger partial charge >= 0.3 is 0 Å². The molecule has 0 heterocycles. The molecule has 0 aliphatic carbocycles. The minimum Gasteiger partial charge on any atom is -0.389 e. The second kappa shape index (κ2) is 3.54. The molecular formula is C10H13O. The third kappa shape index (κ3) is 2.05. The van der Waals surface area contributed by atoms with Crippen molar-refractivity contribution in [2.75, 3.05) is 0 Å². The molecule has 0 aromatic heterocycles. The molecule has 1 radical (unpaired) electrons. The van der Waals surface area contributed by atoms with E-state index in [4.69, 9.17) is 0 Å². The molecule has 1 rings (SSSR count). The second-order valence-electron chi connectivity index (χ2n) is 2.67. The van der Waals surface area contributed by atoms with E-state index in [-0.39, 0.29) is 6.10 Å². The summed E-state index contributed by atoms with van der Waals surface area (Å²) in [6.07, 6.45) is 0.405. The molecule has 1 atom stereocenters. The van der Waals surface area contributed by atoms with Crippen LogP contribution in [0.4, 0.5) is 0 Å². The van der Waals surface area contributed by atoms with Crippen LogP contribution in [0.15, 0.2) is 24.3 Å². The molecule has 1 aromatic rings. The summed E-state index contributed by atoms with van der Waals surface area (Å²) in [6, 6.07) is 7.86. The monoisotopic (exact) mass is 149 g/mol. The Morgan fingerprint density at radius 3 is 2.82 bits per heavy atom. The lowest BCUT2D eigenvalue weighted by Crippen LogP contribution is -1.91. The molecule has 0 amide bonds. The van der Waals surface area contributed by atoms with Gasteiger partial charge in [0.25, 0.3) is 0 Å². The molecule has 1 nitrogen and oxygen atoms in total. The van der Waals surface area contributed by atoms with Gasteiger partial charge in [0.15, 0.2) is 0 Å². The molecule has 0 aliphatic rings. The van der Waals surface area contributed by atoms with Gasteiger partial charge in [-0.1, -0.05) is 24.3 Å². The molecule has 0 saturated heterocycles. The van der Waals surface area contributed by atoms with Gasteiger partial charge < -0.3 is 5.11 Å². The van der Waals surface area contributed by atoms with Gasteiger partial charge in [-0.25, -0.2) is 0 Å². The van der Waals surface area contributed by atoms with E-state index in [1.807, 2.05) is 24.3 Å². The number of rotatable bonds is 2. The van der Waals surface area contributed by atoms with Crippen molar-refractivity contribution in [2.24, 2.45) is 0 Å². The lowest BCUT2D eigenvalue weighted by atomic mass is 10.1. The van der Waals surface area contributed by atoms with Crippen molar-refractivity contribution in [1.29, 1.82) is 0 Å². The first-order valence-corrected chi connectivity index (χ1v) is 3.80. The van der Waals surface area contributed by atoms with Gasteiger partial charge in [0.2, 0.25) is 0 Å². The summed E-state index contributed by atoms with van der Waals surface area (Å²) in [5, 5.41) is 9.22. The highest BCUT2D eigenvalue weighted by Crippen LogP contribution is 2.13. The van der Waals surface area contributed by atoms with Crippen molar-refractivity contribution < 1.29 is 5.11 Å². The third-order valence-corrected chi connectivity index (χ3v) is 1.72. The molecule has 0 spiro atoms. The van der Waals surface area contributed by atoms with E-state index in [0.717, 1.165) is 12.0 Å². The highest BCUT2D eigenvalue weighted by molar-refractivity contribution is 5.25. The molecule has 59 valence electrons. The molecule has 0 bridgehead atoms. The van der Waals surface area contributed by atoms with Crippen LogP contribution < -0.4 is 0 Å². The first kappa shape index (κ1) is 8.28. The molecule has 0 saturated carbocycles. The zero-order chi connectivity index (χ0) is 8.27. The zero-order valence-corrected chi connectivity index (χ0v) is 6.75. The maximum Gasteiger partial charge on any atom is 0.0762 e. The van der Waals surface area contributed by atoms with Crippen LogP contribution in [0.5, 0.6) is 0 Å². The molecule has 1 N–H and O–H groups in total. The fourth-order valence-corrected chi connectivity index (χ4v) is 1.01. The Hall–Kier alpha value is -0.820. The van der Waals surface area contributed by atoms with E-state index in [1.165, 1.54) is 5.56 Å². The summed E-state index contributed by atoms with van der Waals surface area (Å²) in [4.78, 5) is 0. The largest absolute Gasteiger partial charge is 0.389 e. The van der Waals surface area contributed by atoms with Crippen molar-refractivity contribution in [3.63, 3.8) is 0 Å². The van der Waals surface area contributed by atoms with E-state index in [9.17, 15) is 5.11 Å². The number of hydrogen-bond donors (Lipinski definition) is 1. The Kier molecular flexibility index (Phi) is 2.66. The number of benzene rings is 1. The van der Waals surface area contributed by atoms with Gasteiger partial charge in [0, 0.05) is 0 Å². The first-order valence-electron chi connectivity index (χ1n) is 3.80. The van der Waals surface area contributed by atoms with Crippen LogP contribution in [0.25, 0.3) is 0 Å². The minimum absolute atomic E-state index is 0.374. The van der Waals surface area contributed by atoms with Crippen molar-refractivity contribution in [3.8, 4) is 0 Å². The van der Waals surface area contributed by atoms with Crippen LogP contribution in [-0.4, -0.2) is 5.11 Å². The van der Waals surface area contributed by atoms with Gasteiger partial charge in [-0.05, 0) is 31.4 Å². The van der Waals surface area contributed by atoms with Crippen LogP contribution in [0.1, 0.15) is 24.2 Å². The lowest BCUT2D eigenvalue weighted by molar-refractivity contribution is 0.199. The Morgan fingerprint density at radius 1 is 1.55 bits per heavy atom. The zero-order valence-electron chi connectivity index (χ0n) is 6.75. The van der Waals surface area contributed by atoms with E-state index in [2.05, 4.69) is 6.92 Å². The molecule has 0 fully saturated rings. The first-order chi connectivity index (χ1) is 5.24. The molecule has 1 aromatic carbocycles. The van der Waals surface area contributed by atoms with E-state index in [1.54, 1.807) is 6.92 Å². The van der Waals surface area contributed by atoms with Crippen LogP contribution in [0, 0.1) is 6.92 Å². The third-order valence-electron chi connectivity index (χ3n) is 1.72. The second-order valence-corrected chi connectivity index (χ2v) is 2.67. The summed E-state index contributed by atoms with van der Waals surface area (Å²) in [6.45, 7) is 5.54. The number of aliphatic hydroxyl groups is 1. The fourth-order valence-electron chi connectivity index (χ4n) is 1.01. The van der Waals surface area contributed by atoms with Crippen LogP contribution >= 0.6 is 0 Å². The smallest absolute Gasteiger partial charge is 0.0762 e. The van der Waals surface area contributed by atoms with Crippen LogP contribution in [-0.2, 0) is 6.42 Å². The average Bonchev–Trinajstić information content (AvgIpc) is 2.05. The summed E-state index contributed by atoms with van der Waals surface area (Å²) in [5.41, 5.74) is 2.13. The Balaban J connectivity index is 2.91. The average molecular weight is 149 g/mol. The van der Waals surface area contributed by atoms with Gasteiger partial charge in [-0.15, -0.1) is 0 Å².